The minimum atomic E-state index is -0.671. The van der Waals surface area contributed by atoms with Gasteiger partial charge in [-0.3, -0.25) is 4.79 Å². The Morgan fingerprint density at radius 3 is 2.57 bits per heavy atom. The summed E-state index contributed by atoms with van der Waals surface area (Å²) in [4.78, 5) is 27.3. The topological polar surface area (TPSA) is 92.2 Å². The minimum Gasteiger partial charge on any atom is -0.490 e. The van der Waals surface area contributed by atoms with Crippen LogP contribution in [-0.2, 0) is 0 Å². The highest BCUT2D eigenvalue weighted by atomic mass is 35.5. The number of hydrogen-bond donors (Lipinski definition) is 1. The Morgan fingerprint density at radius 1 is 1.13 bits per heavy atom. The highest BCUT2D eigenvalue weighted by molar-refractivity contribution is 6.36. The number of nitrogens with one attached hydrogen (secondary N) is 1. The van der Waals surface area contributed by atoms with Crippen LogP contribution >= 0.6 is 23.2 Å². The fraction of sp³-hybridized carbons (Fsp3) is 0.136. The summed E-state index contributed by atoms with van der Waals surface area (Å²) in [7, 11) is 0. The lowest BCUT2D eigenvalue weighted by Crippen LogP contribution is -2.13. The van der Waals surface area contributed by atoms with Crippen molar-refractivity contribution in [2.45, 2.75) is 13.8 Å². The quantitative estimate of drug-likeness (QED) is 0.435. The zero-order chi connectivity index (χ0) is 21.8. The highest BCUT2D eigenvalue weighted by Crippen LogP contribution is 2.34. The van der Waals surface area contributed by atoms with Crippen LogP contribution in [0.4, 0.5) is 0 Å². The number of rotatable bonds is 5. The average Bonchev–Trinajstić information content (AvgIpc) is 2.68. The largest absolute Gasteiger partial charge is 0.490 e. The summed E-state index contributed by atoms with van der Waals surface area (Å²) in [5, 5.41) is 9.94. The Balaban J connectivity index is 2.02. The molecule has 2 aromatic carbocycles. The Hall–Kier alpha value is -3.27. The number of esters is 1. The number of nitriles is 1. The fourth-order valence-electron chi connectivity index (χ4n) is 2.87. The molecule has 152 valence electrons. The van der Waals surface area contributed by atoms with E-state index in [4.69, 9.17) is 32.7 Å². The lowest BCUT2D eigenvalue weighted by molar-refractivity contribution is 0.0728. The predicted molar refractivity (Wildman–Crippen MR) is 115 cm³/mol. The summed E-state index contributed by atoms with van der Waals surface area (Å²) in [5.74, 6) is -0.206. The number of aromatic nitrogens is 1. The molecule has 6 nitrogen and oxygen atoms in total. The van der Waals surface area contributed by atoms with Gasteiger partial charge in [0.1, 0.15) is 11.6 Å². The molecule has 1 heterocycles. The molecule has 0 aliphatic heterocycles. The van der Waals surface area contributed by atoms with E-state index in [0.29, 0.717) is 28.5 Å². The molecule has 30 heavy (non-hydrogen) atoms. The van der Waals surface area contributed by atoms with Crippen LogP contribution in [0.1, 0.15) is 28.5 Å². The van der Waals surface area contributed by atoms with Gasteiger partial charge in [0.2, 0.25) is 0 Å². The average molecular weight is 443 g/mol. The van der Waals surface area contributed by atoms with E-state index < -0.39 is 11.5 Å². The van der Waals surface area contributed by atoms with Gasteiger partial charge in [0.05, 0.1) is 17.2 Å². The first-order chi connectivity index (χ1) is 14.3. The number of benzene rings is 2. The van der Waals surface area contributed by atoms with E-state index in [1.54, 1.807) is 38.1 Å². The van der Waals surface area contributed by atoms with Crippen LogP contribution in [-0.4, -0.2) is 17.6 Å². The highest BCUT2D eigenvalue weighted by Gasteiger charge is 2.18. The molecule has 0 spiro atoms. The van der Waals surface area contributed by atoms with Crippen molar-refractivity contribution in [3.05, 3.63) is 79.7 Å². The summed E-state index contributed by atoms with van der Waals surface area (Å²) in [5.41, 5.74) is 1.32. The van der Waals surface area contributed by atoms with Gasteiger partial charge in [-0.1, -0.05) is 29.3 Å². The number of ether oxygens (including phenoxy) is 2. The molecule has 1 aromatic heterocycles. The first-order valence-corrected chi connectivity index (χ1v) is 9.68. The SMILES string of the molecule is CCOc1cc(-c2cc(C)[nH]c(=O)c2C#N)ccc1OC(=O)c1ccc(Cl)cc1Cl. The van der Waals surface area contributed by atoms with Crippen molar-refractivity contribution in [2.24, 2.45) is 0 Å². The molecule has 8 heteroatoms. The van der Waals surface area contributed by atoms with Gasteiger partial charge in [0, 0.05) is 16.3 Å². The molecule has 0 radical (unpaired) electrons. The molecule has 3 aromatic rings. The number of carbonyl (C=O) groups is 1. The van der Waals surface area contributed by atoms with Crippen LogP contribution in [0.5, 0.6) is 11.5 Å². The second kappa shape index (κ2) is 9.04. The van der Waals surface area contributed by atoms with Crippen molar-refractivity contribution in [1.82, 2.24) is 4.98 Å². The number of hydrogen-bond acceptors (Lipinski definition) is 5. The molecule has 0 unspecified atom stereocenters. The molecule has 0 bridgehead atoms. The van der Waals surface area contributed by atoms with Crippen LogP contribution < -0.4 is 15.0 Å². The summed E-state index contributed by atoms with van der Waals surface area (Å²) in [6.07, 6.45) is 0. The van der Waals surface area contributed by atoms with Gasteiger partial charge < -0.3 is 14.5 Å². The first kappa shape index (κ1) is 21.4. The van der Waals surface area contributed by atoms with Crippen LogP contribution in [0.25, 0.3) is 11.1 Å². The van der Waals surface area contributed by atoms with E-state index in [9.17, 15) is 14.9 Å². The number of carbonyl (C=O) groups excluding carboxylic acids is 1. The summed E-state index contributed by atoms with van der Waals surface area (Å²) < 4.78 is 11.1. The number of halogens is 2. The number of aromatic amines is 1. The molecule has 3 rings (SSSR count). The third kappa shape index (κ3) is 4.48. The monoisotopic (exact) mass is 442 g/mol. The molecule has 0 atom stereocenters. The molecule has 0 fully saturated rings. The Morgan fingerprint density at radius 2 is 1.90 bits per heavy atom. The lowest BCUT2D eigenvalue weighted by atomic mass is 10.0. The number of nitrogens with zero attached hydrogens (tertiary/aromatic N) is 1. The van der Waals surface area contributed by atoms with Crippen LogP contribution in [0, 0.1) is 18.3 Å². The molecular weight excluding hydrogens is 427 g/mol. The Labute approximate surface area is 182 Å². The van der Waals surface area contributed by atoms with Gasteiger partial charge >= 0.3 is 5.97 Å². The van der Waals surface area contributed by atoms with Crippen molar-refractivity contribution < 1.29 is 14.3 Å². The van der Waals surface area contributed by atoms with Crippen molar-refractivity contribution in [1.29, 1.82) is 5.26 Å². The second-order valence-electron chi connectivity index (χ2n) is 6.29. The second-order valence-corrected chi connectivity index (χ2v) is 7.13. The number of aryl methyl sites for hydroxylation is 1. The molecule has 1 N–H and O–H groups in total. The fourth-order valence-corrected chi connectivity index (χ4v) is 3.35. The molecule has 0 aliphatic rings. The standard InChI is InChI=1S/C22H16Cl2N2O4/c1-3-29-20-9-13(16-8-12(2)26-21(27)17(16)11-25)4-7-19(20)30-22(28)15-6-5-14(23)10-18(15)24/h4-10H,3H2,1-2H3,(H,26,27). The van der Waals surface area contributed by atoms with E-state index in [-0.39, 0.29) is 27.6 Å². The third-order valence-corrected chi connectivity index (χ3v) is 4.74. The Bertz CT molecular complexity index is 1230. The van der Waals surface area contributed by atoms with E-state index in [2.05, 4.69) is 4.98 Å². The zero-order valence-corrected chi connectivity index (χ0v) is 17.6. The Kier molecular flexibility index (Phi) is 6.46. The van der Waals surface area contributed by atoms with Crippen LogP contribution in [0.2, 0.25) is 10.0 Å². The first-order valence-electron chi connectivity index (χ1n) is 8.92. The number of pyridine rings is 1. The lowest BCUT2D eigenvalue weighted by Gasteiger charge is -2.13. The summed E-state index contributed by atoms with van der Waals surface area (Å²) in [6.45, 7) is 3.82. The van der Waals surface area contributed by atoms with Gasteiger partial charge in [-0.25, -0.2) is 4.79 Å². The van der Waals surface area contributed by atoms with Crippen LogP contribution in [0.3, 0.4) is 0 Å². The molecular formula is C22H16Cl2N2O4. The number of H-pyrrole nitrogens is 1. The maximum Gasteiger partial charge on any atom is 0.345 e. The maximum atomic E-state index is 12.6. The van der Waals surface area contributed by atoms with E-state index in [1.807, 2.05) is 6.07 Å². The van der Waals surface area contributed by atoms with E-state index in [1.165, 1.54) is 18.2 Å². The molecule has 0 aliphatic carbocycles. The van der Waals surface area contributed by atoms with Crippen molar-refractivity contribution in [3.63, 3.8) is 0 Å². The zero-order valence-electron chi connectivity index (χ0n) is 16.1. The predicted octanol–water partition coefficient (Wildman–Crippen LogP) is 5.15. The summed E-state index contributed by atoms with van der Waals surface area (Å²) in [6, 6.07) is 12.9. The minimum absolute atomic E-state index is 0.0132. The van der Waals surface area contributed by atoms with Gasteiger partial charge in [0.15, 0.2) is 11.5 Å². The summed E-state index contributed by atoms with van der Waals surface area (Å²) >= 11 is 11.9. The maximum absolute atomic E-state index is 12.6. The third-order valence-electron chi connectivity index (χ3n) is 4.19. The molecule has 0 saturated heterocycles. The van der Waals surface area contributed by atoms with E-state index in [0.717, 1.165) is 0 Å². The van der Waals surface area contributed by atoms with Crippen molar-refractivity contribution in [3.8, 4) is 28.7 Å². The van der Waals surface area contributed by atoms with E-state index >= 15 is 0 Å². The van der Waals surface area contributed by atoms with Crippen molar-refractivity contribution >= 4 is 29.2 Å². The van der Waals surface area contributed by atoms with Gasteiger partial charge in [0.25, 0.3) is 5.56 Å². The van der Waals surface area contributed by atoms with Crippen molar-refractivity contribution in [2.75, 3.05) is 6.61 Å². The molecule has 0 saturated carbocycles. The van der Waals surface area contributed by atoms with Gasteiger partial charge in [-0.15, -0.1) is 0 Å². The molecule has 0 amide bonds. The smallest absolute Gasteiger partial charge is 0.345 e. The van der Waals surface area contributed by atoms with Gasteiger partial charge in [-0.2, -0.15) is 5.26 Å². The van der Waals surface area contributed by atoms with Crippen LogP contribution in [0.15, 0.2) is 47.3 Å². The normalized spacial score (nSPS) is 10.4. The van der Waals surface area contributed by atoms with Gasteiger partial charge in [-0.05, 0) is 55.8 Å².